The number of benzene rings is 2. The molecule has 2 N–H and O–H groups in total. The lowest BCUT2D eigenvalue weighted by molar-refractivity contribution is -0.126. The number of sulfonamides is 1. The van der Waals surface area contributed by atoms with Crippen molar-refractivity contribution < 1.29 is 17.6 Å². The number of hydrogen-bond donors (Lipinski definition) is 2. The summed E-state index contributed by atoms with van der Waals surface area (Å²) < 4.78 is 41.4. The van der Waals surface area contributed by atoms with E-state index in [-0.39, 0.29) is 28.5 Å². The van der Waals surface area contributed by atoms with Crippen molar-refractivity contribution in [1.82, 2.24) is 15.0 Å². The van der Waals surface area contributed by atoms with E-state index in [1.54, 1.807) is 36.5 Å². The number of para-hydroxylation sites is 1. The average molecular weight is 456 g/mol. The number of carbonyl (C=O) groups is 1. The van der Waals surface area contributed by atoms with E-state index in [2.05, 4.69) is 15.0 Å². The first-order valence-electron chi connectivity index (χ1n) is 10.8. The number of carbonyl (C=O) groups excluding carboxylic acids is 1. The van der Waals surface area contributed by atoms with Crippen LogP contribution in [0.15, 0.2) is 65.7 Å². The van der Waals surface area contributed by atoms with Gasteiger partial charge in [0.25, 0.3) is 0 Å². The number of halogens is 1. The van der Waals surface area contributed by atoms with Crippen LogP contribution in [0.1, 0.15) is 31.2 Å². The molecule has 1 aliphatic carbocycles. The Bertz CT molecular complexity index is 1190. The predicted molar refractivity (Wildman–Crippen MR) is 121 cm³/mol. The second-order valence-corrected chi connectivity index (χ2v) is 9.98. The summed E-state index contributed by atoms with van der Waals surface area (Å²) in [5.41, 5.74) is 1.31. The fraction of sp³-hybridized carbons (Fsp3) is 0.333. The molecule has 0 saturated heterocycles. The summed E-state index contributed by atoms with van der Waals surface area (Å²) in [6, 6.07) is 14.8. The molecule has 6 nitrogen and oxygen atoms in total. The van der Waals surface area contributed by atoms with Crippen LogP contribution in [0.4, 0.5) is 4.39 Å². The molecular formula is C24H26FN3O3S. The number of nitrogens with zero attached hydrogens (tertiary/aromatic N) is 1. The summed E-state index contributed by atoms with van der Waals surface area (Å²) in [5, 5.41) is 3.70. The lowest BCUT2D eigenvalue weighted by Crippen LogP contribution is -2.36. The molecule has 3 aromatic rings. The van der Waals surface area contributed by atoms with E-state index in [0.717, 1.165) is 36.6 Å². The van der Waals surface area contributed by atoms with Crippen LogP contribution in [0.2, 0.25) is 0 Å². The summed E-state index contributed by atoms with van der Waals surface area (Å²) in [4.78, 5) is 16.9. The molecule has 1 amide bonds. The van der Waals surface area contributed by atoms with Crippen LogP contribution in [0.5, 0.6) is 0 Å². The molecule has 32 heavy (non-hydrogen) atoms. The van der Waals surface area contributed by atoms with E-state index in [9.17, 15) is 17.6 Å². The van der Waals surface area contributed by atoms with Gasteiger partial charge in [0.05, 0.1) is 5.52 Å². The lowest BCUT2D eigenvalue weighted by Gasteiger charge is -2.28. The van der Waals surface area contributed by atoms with Gasteiger partial charge in [-0.05, 0) is 61.4 Å². The number of fused-ring (bicyclic) bond motifs is 1. The third-order valence-electron chi connectivity index (χ3n) is 6.04. The predicted octanol–water partition coefficient (Wildman–Crippen LogP) is 3.78. The second-order valence-electron chi connectivity index (χ2n) is 8.25. The summed E-state index contributed by atoms with van der Waals surface area (Å²) in [7, 11) is -3.68. The summed E-state index contributed by atoms with van der Waals surface area (Å²) in [6.45, 7) is 0.716. The largest absolute Gasteiger partial charge is 0.352 e. The monoisotopic (exact) mass is 455 g/mol. The van der Waals surface area contributed by atoms with Crippen molar-refractivity contribution in [3.8, 4) is 0 Å². The Morgan fingerprint density at radius 2 is 1.72 bits per heavy atom. The van der Waals surface area contributed by atoms with E-state index in [4.69, 9.17) is 0 Å². The fourth-order valence-electron chi connectivity index (χ4n) is 4.16. The van der Waals surface area contributed by atoms with Crippen LogP contribution < -0.4 is 10.0 Å². The Morgan fingerprint density at radius 1 is 1.00 bits per heavy atom. The third-order valence-corrected chi connectivity index (χ3v) is 7.50. The maximum Gasteiger partial charge on any atom is 0.242 e. The van der Waals surface area contributed by atoms with Crippen LogP contribution in [0.3, 0.4) is 0 Å². The van der Waals surface area contributed by atoms with Gasteiger partial charge in [0.15, 0.2) is 0 Å². The molecule has 1 aliphatic rings. The van der Waals surface area contributed by atoms with Crippen molar-refractivity contribution in [3.63, 3.8) is 0 Å². The summed E-state index contributed by atoms with van der Waals surface area (Å²) in [5.74, 6) is -0.194. The molecule has 1 heterocycles. The van der Waals surface area contributed by atoms with Gasteiger partial charge in [-0.3, -0.25) is 9.78 Å². The standard InChI is InChI=1S/C24H26FN3O3S/c25-21-12-8-17(9-13-21)15-27-24(29)20-10-6-18(7-11-20)16-28-32(30,31)22-5-1-3-19-4-2-14-26-23(19)22/h1-5,8-9,12-14,18,20,28H,6-7,10-11,15-16H2,(H,27,29). The first kappa shape index (κ1) is 22.4. The van der Waals surface area contributed by atoms with Gasteiger partial charge in [0, 0.05) is 30.6 Å². The molecule has 0 spiro atoms. The van der Waals surface area contributed by atoms with E-state index >= 15 is 0 Å². The minimum Gasteiger partial charge on any atom is -0.352 e. The number of hydrogen-bond acceptors (Lipinski definition) is 4. The van der Waals surface area contributed by atoms with Gasteiger partial charge >= 0.3 is 0 Å². The van der Waals surface area contributed by atoms with Crippen LogP contribution >= 0.6 is 0 Å². The number of rotatable bonds is 7. The first-order valence-corrected chi connectivity index (χ1v) is 12.3. The zero-order valence-electron chi connectivity index (χ0n) is 17.6. The summed E-state index contributed by atoms with van der Waals surface area (Å²) in [6.07, 6.45) is 4.59. The Balaban J connectivity index is 1.27. The molecule has 0 aliphatic heterocycles. The number of amides is 1. The quantitative estimate of drug-likeness (QED) is 0.568. The molecule has 0 bridgehead atoms. The Morgan fingerprint density at radius 3 is 2.47 bits per heavy atom. The van der Waals surface area contributed by atoms with Crippen LogP contribution in [-0.2, 0) is 21.4 Å². The molecule has 1 fully saturated rings. The Hall–Kier alpha value is -2.84. The lowest BCUT2D eigenvalue weighted by atomic mass is 9.81. The Labute approximate surface area is 187 Å². The van der Waals surface area contributed by atoms with Gasteiger partial charge in [-0.25, -0.2) is 17.5 Å². The highest BCUT2D eigenvalue weighted by Gasteiger charge is 2.27. The van der Waals surface area contributed by atoms with Gasteiger partial charge in [0.1, 0.15) is 10.7 Å². The van der Waals surface area contributed by atoms with Crippen molar-refractivity contribution >= 4 is 26.8 Å². The highest BCUT2D eigenvalue weighted by molar-refractivity contribution is 7.89. The maximum atomic E-state index is 13.0. The number of pyridine rings is 1. The molecule has 1 saturated carbocycles. The molecule has 0 radical (unpaired) electrons. The van der Waals surface area contributed by atoms with Gasteiger partial charge < -0.3 is 5.32 Å². The van der Waals surface area contributed by atoms with Gasteiger partial charge in [-0.1, -0.05) is 30.3 Å². The average Bonchev–Trinajstić information content (AvgIpc) is 2.82. The fourth-order valence-corrected chi connectivity index (χ4v) is 5.46. The first-order chi connectivity index (χ1) is 15.4. The minimum atomic E-state index is -3.68. The molecule has 8 heteroatoms. The van der Waals surface area contributed by atoms with Gasteiger partial charge in [-0.2, -0.15) is 0 Å². The van der Waals surface area contributed by atoms with Crippen molar-refractivity contribution in [3.05, 3.63) is 72.2 Å². The molecular weight excluding hydrogens is 429 g/mol. The van der Waals surface area contributed by atoms with Crippen molar-refractivity contribution in [2.75, 3.05) is 6.54 Å². The molecule has 4 rings (SSSR count). The van der Waals surface area contributed by atoms with E-state index < -0.39 is 10.0 Å². The van der Waals surface area contributed by atoms with Gasteiger partial charge in [-0.15, -0.1) is 0 Å². The minimum absolute atomic E-state index is 0.00446. The SMILES string of the molecule is O=C(NCc1ccc(F)cc1)C1CCC(CNS(=O)(=O)c2cccc3cccnc23)CC1. The van der Waals surface area contributed by atoms with Crippen LogP contribution in [-0.4, -0.2) is 25.9 Å². The molecule has 1 aromatic heterocycles. The number of nitrogens with one attached hydrogen (secondary N) is 2. The zero-order valence-corrected chi connectivity index (χ0v) is 18.4. The van der Waals surface area contributed by atoms with Crippen molar-refractivity contribution in [2.45, 2.75) is 37.1 Å². The summed E-state index contributed by atoms with van der Waals surface area (Å²) >= 11 is 0. The van der Waals surface area contributed by atoms with Gasteiger partial charge in [0.2, 0.25) is 15.9 Å². The van der Waals surface area contributed by atoms with E-state index in [0.29, 0.717) is 18.6 Å². The van der Waals surface area contributed by atoms with Crippen LogP contribution in [0.25, 0.3) is 10.9 Å². The van der Waals surface area contributed by atoms with Crippen LogP contribution in [0, 0.1) is 17.7 Å². The van der Waals surface area contributed by atoms with Crippen molar-refractivity contribution in [1.29, 1.82) is 0 Å². The molecule has 0 unspecified atom stereocenters. The normalized spacial score (nSPS) is 19.0. The number of aromatic nitrogens is 1. The topological polar surface area (TPSA) is 88.2 Å². The van der Waals surface area contributed by atoms with Crippen molar-refractivity contribution in [2.24, 2.45) is 11.8 Å². The maximum absolute atomic E-state index is 13.0. The highest BCUT2D eigenvalue weighted by atomic mass is 32.2. The smallest absolute Gasteiger partial charge is 0.242 e. The van der Waals surface area contributed by atoms with E-state index in [1.165, 1.54) is 12.1 Å². The molecule has 0 atom stereocenters. The highest BCUT2D eigenvalue weighted by Crippen LogP contribution is 2.29. The Kier molecular flexibility index (Phi) is 6.81. The third kappa shape index (κ3) is 5.31. The zero-order chi connectivity index (χ0) is 22.6. The molecule has 168 valence electrons. The second kappa shape index (κ2) is 9.75. The van der Waals surface area contributed by atoms with E-state index in [1.807, 2.05) is 12.1 Å². The molecule has 2 aromatic carbocycles.